The van der Waals surface area contributed by atoms with Crippen LogP contribution in [0.2, 0.25) is 5.02 Å². The van der Waals surface area contributed by atoms with E-state index in [1.165, 1.54) is 0 Å². The van der Waals surface area contributed by atoms with E-state index in [2.05, 4.69) is 15.3 Å². The molecule has 0 saturated heterocycles. The lowest BCUT2D eigenvalue weighted by Gasteiger charge is -2.05. The van der Waals surface area contributed by atoms with Crippen LogP contribution in [-0.2, 0) is 6.54 Å². The molecule has 0 spiro atoms. The molecule has 0 unspecified atom stereocenters. The van der Waals surface area contributed by atoms with E-state index in [0.29, 0.717) is 17.5 Å². The van der Waals surface area contributed by atoms with E-state index in [1.54, 1.807) is 7.05 Å². The lowest BCUT2D eigenvalue weighted by Crippen LogP contribution is -2.29. The van der Waals surface area contributed by atoms with Gasteiger partial charge in [-0.1, -0.05) is 23.7 Å². The zero-order valence-corrected chi connectivity index (χ0v) is 11.4. The Balaban J connectivity index is 0.000000796. The van der Waals surface area contributed by atoms with E-state index >= 15 is 0 Å². The van der Waals surface area contributed by atoms with Crippen LogP contribution in [0.15, 0.2) is 34.3 Å². The lowest BCUT2D eigenvalue weighted by atomic mass is 10.2. The third-order valence-corrected chi connectivity index (χ3v) is 2.06. The van der Waals surface area contributed by atoms with Crippen LogP contribution < -0.4 is 16.8 Å². The van der Waals surface area contributed by atoms with Crippen molar-refractivity contribution in [1.82, 2.24) is 5.32 Å². The zero-order valence-electron chi connectivity index (χ0n) is 10.7. The standard InChI is InChI=1S/C10H14ClN5.HNO3/c1-14-10(16-9(12)13)15-6-7-2-4-8(11)5-3-7;2-1(3)4/h2-5H,6H2,1H3,(H5,12,13,14,15,16);(H,2,3,4). The Kier molecular flexibility index (Phi) is 8.19. The maximum atomic E-state index is 8.36. The highest BCUT2D eigenvalue weighted by atomic mass is 35.5. The second kappa shape index (κ2) is 9.39. The number of rotatable bonds is 2. The molecule has 9 nitrogen and oxygen atoms in total. The topological polar surface area (TPSA) is 152 Å². The maximum Gasteiger partial charge on any atom is 0.291 e. The first-order chi connectivity index (χ1) is 9.35. The van der Waals surface area contributed by atoms with E-state index in [9.17, 15) is 0 Å². The summed E-state index contributed by atoms with van der Waals surface area (Å²) in [6.07, 6.45) is 0. The molecular formula is C10H15ClN6O3. The van der Waals surface area contributed by atoms with Crippen LogP contribution in [0.5, 0.6) is 0 Å². The fourth-order valence-electron chi connectivity index (χ4n) is 1.07. The van der Waals surface area contributed by atoms with Gasteiger partial charge in [-0.3, -0.25) is 4.99 Å². The molecule has 1 rings (SSSR count). The van der Waals surface area contributed by atoms with Crippen molar-refractivity contribution < 1.29 is 10.3 Å². The number of nitrogens with two attached hydrogens (primary N) is 2. The SMILES string of the molecule is CN=C(N=C(N)N)NCc1ccc(Cl)cc1.O=[N+]([O-])O. The van der Waals surface area contributed by atoms with Gasteiger partial charge < -0.3 is 22.0 Å². The number of aliphatic imine (C=N–C) groups is 2. The summed E-state index contributed by atoms with van der Waals surface area (Å²) in [5.74, 6) is 0.374. The first kappa shape index (κ1) is 17.4. The fraction of sp³-hybridized carbons (Fsp3) is 0.200. The minimum Gasteiger partial charge on any atom is -0.370 e. The molecule has 1 aromatic rings. The second-order valence-corrected chi connectivity index (χ2v) is 3.74. The van der Waals surface area contributed by atoms with Gasteiger partial charge in [-0.2, -0.15) is 4.99 Å². The summed E-state index contributed by atoms with van der Waals surface area (Å²) in [6, 6.07) is 7.47. The van der Waals surface area contributed by atoms with Crippen molar-refractivity contribution in [2.45, 2.75) is 6.54 Å². The molecule has 0 aromatic heterocycles. The molecular weight excluding hydrogens is 288 g/mol. The third kappa shape index (κ3) is 9.48. The smallest absolute Gasteiger partial charge is 0.291 e. The van der Waals surface area contributed by atoms with Crippen molar-refractivity contribution in [3.63, 3.8) is 0 Å². The van der Waals surface area contributed by atoms with E-state index in [-0.39, 0.29) is 5.96 Å². The Morgan fingerprint density at radius 1 is 1.45 bits per heavy atom. The molecule has 0 fully saturated rings. The van der Waals surface area contributed by atoms with Crippen LogP contribution in [0.25, 0.3) is 0 Å². The first-order valence-electron chi connectivity index (χ1n) is 5.23. The molecule has 0 saturated carbocycles. The Hall–Kier alpha value is -2.55. The average molecular weight is 303 g/mol. The molecule has 0 heterocycles. The predicted octanol–water partition coefficient (Wildman–Crippen LogP) is 0.341. The minimum atomic E-state index is -1.50. The first-order valence-corrected chi connectivity index (χ1v) is 5.61. The van der Waals surface area contributed by atoms with Gasteiger partial charge in [0.1, 0.15) is 0 Å². The number of nitrogens with zero attached hydrogens (tertiary/aromatic N) is 3. The van der Waals surface area contributed by atoms with Crippen LogP contribution in [-0.4, -0.2) is 29.3 Å². The molecule has 0 aliphatic heterocycles. The van der Waals surface area contributed by atoms with Crippen molar-refractivity contribution in [2.75, 3.05) is 7.05 Å². The Labute approximate surface area is 120 Å². The Bertz CT molecular complexity index is 480. The Morgan fingerprint density at radius 2 is 1.95 bits per heavy atom. The van der Waals surface area contributed by atoms with Crippen molar-refractivity contribution in [1.29, 1.82) is 0 Å². The van der Waals surface area contributed by atoms with Gasteiger partial charge in [0, 0.05) is 18.6 Å². The van der Waals surface area contributed by atoms with Gasteiger partial charge in [0.2, 0.25) is 5.96 Å². The quantitative estimate of drug-likeness (QED) is 0.267. The van der Waals surface area contributed by atoms with E-state index in [0.717, 1.165) is 5.56 Å². The molecule has 1 aromatic carbocycles. The summed E-state index contributed by atoms with van der Waals surface area (Å²) in [5.41, 5.74) is 11.6. The fourth-order valence-corrected chi connectivity index (χ4v) is 1.20. The largest absolute Gasteiger partial charge is 0.370 e. The number of hydrogen-bond acceptors (Lipinski definition) is 3. The highest BCUT2D eigenvalue weighted by Crippen LogP contribution is 2.08. The molecule has 6 N–H and O–H groups in total. The number of guanidine groups is 2. The lowest BCUT2D eigenvalue weighted by molar-refractivity contribution is -0.742. The van der Waals surface area contributed by atoms with Gasteiger partial charge in [0.15, 0.2) is 5.96 Å². The molecule has 0 atom stereocenters. The Morgan fingerprint density at radius 3 is 2.35 bits per heavy atom. The average Bonchev–Trinajstić information content (AvgIpc) is 2.35. The van der Waals surface area contributed by atoms with Gasteiger partial charge in [-0.15, -0.1) is 10.1 Å². The summed E-state index contributed by atoms with van der Waals surface area (Å²) in [5, 5.41) is 17.3. The molecule has 0 aliphatic carbocycles. The van der Waals surface area contributed by atoms with Gasteiger partial charge in [-0.05, 0) is 17.7 Å². The monoisotopic (exact) mass is 302 g/mol. The number of hydrogen-bond donors (Lipinski definition) is 4. The molecule has 0 radical (unpaired) electrons. The van der Waals surface area contributed by atoms with Crippen molar-refractivity contribution >= 4 is 23.5 Å². The van der Waals surface area contributed by atoms with Crippen LogP contribution in [0.3, 0.4) is 0 Å². The second-order valence-electron chi connectivity index (χ2n) is 3.30. The van der Waals surface area contributed by atoms with Gasteiger partial charge in [0.25, 0.3) is 5.09 Å². The summed E-state index contributed by atoms with van der Waals surface area (Å²) >= 11 is 5.77. The normalized spacial score (nSPS) is 10.0. The third-order valence-electron chi connectivity index (χ3n) is 1.81. The predicted molar refractivity (Wildman–Crippen MR) is 76.2 cm³/mol. The number of halogens is 1. The number of nitrogens with one attached hydrogen (secondary N) is 1. The summed E-state index contributed by atoms with van der Waals surface area (Å²) in [7, 11) is 1.61. The minimum absolute atomic E-state index is 0.0239. The van der Waals surface area contributed by atoms with Gasteiger partial charge >= 0.3 is 0 Å². The van der Waals surface area contributed by atoms with E-state index in [1.807, 2.05) is 24.3 Å². The summed E-state index contributed by atoms with van der Waals surface area (Å²) in [4.78, 5) is 16.1. The van der Waals surface area contributed by atoms with E-state index < -0.39 is 5.09 Å². The molecule has 20 heavy (non-hydrogen) atoms. The molecule has 0 aliphatic rings. The summed E-state index contributed by atoms with van der Waals surface area (Å²) < 4.78 is 0. The highest BCUT2D eigenvalue weighted by Gasteiger charge is 1.97. The van der Waals surface area contributed by atoms with Crippen LogP contribution >= 0.6 is 11.6 Å². The highest BCUT2D eigenvalue weighted by molar-refractivity contribution is 6.30. The van der Waals surface area contributed by atoms with Crippen LogP contribution in [0, 0.1) is 10.1 Å². The summed E-state index contributed by atoms with van der Waals surface area (Å²) in [6.45, 7) is 0.584. The van der Waals surface area contributed by atoms with Crippen molar-refractivity contribution in [3.05, 3.63) is 45.0 Å². The molecule has 0 amide bonds. The molecule has 0 bridgehead atoms. The van der Waals surface area contributed by atoms with Gasteiger partial charge in [-0.25, -0.2) is 0 Å². The van der Waals surface area contributed by atoms with E-state index in [4.69, 9.17) is 38.4 Å². The van der Waals surface area contributed by atoms with Gasteiger partial charge in [0.05, 0.1) is 0 Å². The van der Waals surface area contributed by atoms with Crippen LogP contribution in [0.1, 0.15) is 5.56 Å². The number of benzene rings is 1. The zero-order chi connectivity index (χ0) is 15.5. The maximum absolute atomic E-state index is 8.36. The molecule has 10 heteroatoms. The van der Waals surface area contributed by atoms with Crippen molar-refractivity contribution in [2.24, 2.45) is 21.5 Å². The van der Waals surface area contributed by atoms with Crippen molar-refractivity contribution in [3.8, 4) is 0 Å². The van der Waals surface area contributed by atoms with Crippen LogP contribution in [0.4, 0.5) is 0 Å². The molecule has 110 valence electrons.